The Bertz CT molecular complexity index is 970. The zero-order chi connectivity index (χ0) is 21.8. The molecular formula is C24H26FN3O3. The maximum absolute atomic E-state index is 13.2. The van der Waals surface area contributed by atoms with Gasteiger partial charge in [-0.15, -0.1) is 0 Å². The lowest BCUT2D eigenvalue weighted by atomic mass is 9.96. The van der Waals surface area contributed by atoms with Crippen molar-refractivity contribution in [3.63, 3.8) is 0 Å². The first-order chi connectivity index (χ1) is 15.0. The molecule has 1 atom stereocenters. The number of hydrogen-bond acceptors (Lipinski definition) is 3. The number of anilines is 1. The molecule has 2 aliphatic rings. The first-order valence-electron chi connectivity index (χ1n) is 10.8. The summed E-state index contributed by atoms with van der Waals surface area (Å²) in [5, 5.41) is 2.92. The topological polar surface area (TPSA) is 69.7 Å². The van der Waals surface area contributed by atoms with Crippen LogP contribution >= 0.6 is 0 Å². The number of hydrogen-bond donors (Lipinski definition) is 1. The molecule has 2 aromatic rings. The van der Waals surface area contributed by atoms with Crippen molar-refractivity contribution in [3.05, 3.63) is 65.5 Å². The minimum atomic E-state index is -0.394. The van der Waals surface area contributed by atoms with Gasteiger partial charge in [0, 0.05) is 31.7 Å². The molecule has 31 heavy (non-hydrogen) atoms. The van der Waals surface area contributed by atoms with Crippen LogP contribution in [0.1, 0.15) is 46.4 Å². The van der Waals surface area contributed by atoms with E-state index in [9.17, 15) is 18.8 Å². The molecule has 3 amide bonds. The first-order valence-corrected chi connectivity index (χ1v) is 10.8. The molecule has 0 bridgehead atoms. The SMILES string of the molecule is O=C(Nc1ccccc1C(=O)N1CCCC1)C1CCCN(C(=O)c2ccc(F)cc2)C1. The van der Waals surface area contributed by atoms with Crippen LogP contribution in [0.25, 0.3) is 0 Å². The van der Waals surface area contributed by atoms with Crippen molar-refractivity contribution in [3.8, 4) is 0 Å². The summed E-state index contributed by atoms with van der Waals surface area (Å²) in [7, 11) is 0. The van der Waals surface area contributed by atoms with Crippen LogP contribution in [0.15, 0.2) is 48.5 Å². The summed E-state index contributed by atoms with van der Waals surface area (Å²) in [6, 6.07) is 12.5. The second-order valence-electron chi connectivity index (χ2n) is 8.13. The second kappa shape index (κ2) is 9.29. The Kier molecular flexibility index (Phi) is 6.30. The summed E-state index contributed by atoms with van der Waals surface area (Å²) >= 11 is 0. The van der Waals surface area contributed by atoms with Gasteiger partial charge in [0.15, 0.2) is 0 Å². The average molecular weight is 423 g/mol. The van der Waals surface area contributed by atoms with E-state index in [-0.39, 0.29) is 23.6 Å². The molecule has 6 nitrogen and oxygen atoms in total. The molecule has 2 fully saturated rings. The molecule has 2 heterocycles. The molecule has 4 rings (SSSR count). The molecule has 162 valence electrons. The van der Waals surface area contributed by atoms with Crippen molar-refractivity contribution in [1.82, 2.24) is 9.80 Å². The molecular weight excluding hydrogens is 397 g/mol. The third kappa shape index (κ3) is 4.76. The van der Waals surface area contributed by atoms with Gasteiger partial charge >= 0.3 is 0 Å². The fraction of sp³-hybridized carbons (Fsp3) is 0.375. The second-order valence-corrected chi connectivity index (χ2v) is 8.13. The van der Waals surface area contributed by atoms with Gasteiger partial charge in [-0.1, -0.05) is 12.1 Å². The number of halogens is 1. The summed E-state index contributed by atoms with van der Waals surface area (Å²) in [6.07, 6.45) is 3.38. The Balaban J connectivity index is 1.43. The molecule has 7 heteroatoms. The highest BCUT2D eigenvalue weighted by Crippen LogP contribution is 2.24. The first kappa shape index (κ1) is 21.0. The van der Waals surface area contributed by atoms with Gasteiger partial charge in [0.05, 0.1) is 17.2 Å². The molecule has 0 aliphatic carbocycles. The predicted molar refractivity (Wildman–Crippen MR) is 115 cm³/mol. The van der Waals surface area contributed by atoms with Crippen molar-refractivity contribution >= 4 is 23.4 Å². The Labute approximate surface area is 181 Å². The third-order valence-electron chi connectivity index (χ3n) is 5.98. The Morgan fingerprint density at radius 3 is 2.26 bits per heavy atom. The van der Waals surface area contributed by atoms with Gasteiger partial charge in [0.1, 0.15) is 5.82 Å². The van der Waals surface area contributed by atoms with E-state index < -0.39 is 5.82 Å². The summed E-state index contributed by atoms with van der Waals surface area (Å²) in [5.74, 6) is -1.23. The zero-order valence-corrected chi connectivity index (χ0v) is 17.4. The number of nitrogens with zero attached hydrogens (tertiary/aromatic N) is 2. The van der Waals surface area contributed by atoms with Crippen LogP contribution in [0.5, 0.6) is 0 Å². The van der Waals surface area contributed by atoms with Crippen molar-refractivity contribution in [2.75, 3.05) is 31.5 Å². The number of rotatable bonds is 4. The lowest BCUT2D eigenvalue weighted by molar-refractivity contribution is -0.121. The van der Waals surface area contributed by atoms with E-state index in [1.807, 2.05) is 4.90 Å². The molecule has 2 saturated heterocycles. The molecule has 0 radical (unpaired) electrons. The number of likely N-dealkylation sites (tertiary alicyclic amines) is 2. The standard InChI is InChI=1S/C24H26FN3O3/c25-19-11-9-17(10-12-19)23(30)28-15-5-6-18(16-28)22(29)26-21-8-2-1-7-20(21)24(31)27-13-3-4-14-27/h1-2,7-12,18H,3-6,13-16H2,(H,26,29). The Morgan fingerprint density at radius 1 is 0.839 bits per heavy atom. The number of carbonyl (C=O) groups excluding carboxylic acids is 3. The molecule has 2 aliphatic heterocycles. The minimum absolute atomic E-state index is 0.0647. The van der Waals surface area contributed by atoms with E-state index in [0.717, 1.165) is 25.9 Å². The summed E-state index contributed by atoms with van der Waals surface area (Å²) in [6.45, 7) is 2.34. The quantitative estimate of drug-likeness (QED) is 0.818. The number of benzene rings is 2. The number of amides is 3. The van der Waals surface area contributed by atoms with E-state index in [1.54, 1.807) is 29.2 Å². The molecule has 1 unspecified atom stereocenters. The normalized spacial score (nSPS) is 18.7. The van der Waals surface area contributed by atoms with Crippen molar-refractivity contribution in [2.24, 2.45) is 5.92 Å². The fourth-order valence-corrected chi connectivity index (χ4v) is 4.25. The highest BCUT2D eigenvalue weighted by atomic mass is 19.1. The van der Waals surface area contributed by atoms with Crippen molar-refractivity contribution in [1.29, 1.82) is 0 Å². The van der Waals surface area contributed by atoms with Gasteiger partial charge in [-0.25, -0.2) is 4.39 Å². The Morgan fingerprint density at radius 2 is 1.52 bits per heavy atom. The monoisotopic (exact) mass is 423 g/mol. The number of piperidine rings is 1. The van der Waals surface area contributed by atoms with E-state index >= 15 is 0 Å². The predicted octanol–water partition coefficient (Wildman–Crippen LogP) is 3.55. The van der Waals surface area contributed by atoms with Gasteiger partial charge in [0.2, 0.25) is 5.91 Å². The Hall–Kier alpha value is -3.22. The van der Waals surface area contributed by atoms with Gasteiger partial charge in [-0.3, -0.25) is 14.4 Å². The summed E-state index contributed by atoms with van der Waals surface area (Å²) in [4.78, 5) is 42.0. The van der Waals surface area contributed by atoms with Crippen LogP contribution in [0.4, 0.5) is 10.1 Å². The van der Waals surface area contributed by atoms with Gasteiger partial charge in [-0.2, -0.15) is 0 Å². The van der Waals surface area contributed by atoms with Gasteiger partial charge < -0.3 is 15.1 Å². The van der Waals surface area contributed by atoms with Crippen LogP contribution in [0.3, 0.4) is 0 Å². The lowest BCUT2D eigenvalue weighted by Crippen LogP contribution is -2.44. The maximum atomic E-state index is 13.2. The van der Waals surface area contributed by atoms with Crippen LogP contribution in [-0.2, 0) is 4.79 Å². The minimum Gasteiger partial charge on any atom is -0.339 e. The van der Waals surface area contributed by atoms with E-state index in [4.69, 9.17) is 0 Å². The number of nitrogens with one attached hydrogen (secondary N) is 1. The van der Waals surface area contributed by atoms with E-state index in [2.05, 4.69) is 5.32 Å². The highest BCUT2D eigenvalue weighted by molar-refractivity contribution is 6.04. The molecule has 2 aromatic carbocycles. The smallest absolute Gasteiger partial charge is 0.255 e. The van der Waals surface area contributed by atoms with Crippen molar-refractivity contribution in [2.45, 2.75) is 25.7 Å². The van der Waals surface area contributed by atoms with Crippen LogP contribution in [0, 0.1) is 11.7 Å². The number of carbonyl (C=O) groups is 3. The molecule has 0 saturated carbocycles. The van der Waals surface area contributed by atoms with Gasteiger partial charge in [-0.05, 0) is 62.1 Å². The number of para-hydroxylation sites is 1. The summed E-state index contributed by atoms with van der Waals surface area (Å²) in [5.41, 5.74) is 1.41. The van der Waals surface area contributed by atoms with Crippen LogP contribution in [0.2, 0.25) is 0 Å². The fourth-order valence-electron chi connectivity index (χ4n) is 4.25. The van der Waals surface area contributed by atoms with E-state index in [1.165, 1.54) is 24.3 Å². The highest BCUT2D eigenvalue weighted by Gasteiger charge is 2.30. The van der Waals surface area contributed by atoms with E-state index in [0.29, 0.717) is 42.7 Å². The molecule has 0 aromatic heterocycles. The van der Waals surface area contributed by atoms with Crippen LogP contribution in [-0.4, -0.2) is 53.7 Å². The third-order valence-corrected chi connectivity index (χ3v) is 5.98. The lowest BCUT2D eigenvalue weighted by Gasteiger charge is -2.32. The molecule has 0 spiro atoms. The maximum Gasteiger partial charge on any atom is 0.255 e. The summed E-state index contributed by atoms with van der Waals surface area (Å²) < 4.78 is 13.2. The van der Waals surface area contributed by atoms with Crippen LogP contribution < -0.4 is 5.32 Å². The zero-order valence-electron chi connectivity index (χ0n) is 17.4. The molecule has 1 N–H and O–H groups in total. The largest absolute Gasteiger partial charge is 0.339 e. The van der Waals surface area contributed by atoms with Gasteiger partial charge in [0.25, 0.3) is 11.8 Å². The van der Waals surface area contributed by atoms with Crippen molar-refractivity contribution < 1.29 is 18.8 Å². The average Bonchev–Trinajstić information content (AvgIpc) is 3.34.